The Hall–Kier alpha value is -1.26. The van der Waals surface area contributed by atoms with Crippen molar-refractivity contribution in [2.75, 3.05) is 18.4 Å². The molecular weight excluding hydrogens is 262 g/mol. The molecule has 2 aliphatic heterocycles. The van der Waals surface area contributed by atoms with Crippen LogP contribution in [-0.4, -0.2) is 36.1 Å². The van der Waals surface area contributed by atoms with Crippen LogP contribution in [0.4, 0.5) is 10.5 Å². The van der Waals surface area contributed by atoms with Crippen molar-refractivity contribution in [1.29, 1.82) is 0 Å². The fraction of sp³-hybridized carbons (Fsp3) is 0.500. The topological polar surface area (TPSA) is 44.4 Å². The summed E-state index contributed by atoms with van der Waals surface area (Å²) in [5, 5.41) is 6.99. The maximum Gasteiger partial charge on any atom is 0.322 e. The van der Waals surface area contributed by atoms with Crippen LogP contribution in [-0.2, 0) is 0 Å². The SMILES string of the molecule is CC1CC2CNCC2N1C(=O)Nc1ccc(Cl)cc1. The fourth-order valence-corrected chi connectivity index (χ4v) is 3.36. The Morgan fingerprint density at radius 1 is 1.37 bits per heavy atom. The van der Waals surface area contributed by atoms with Gasteiger partial charge in [0, 0.05) is 29.8 Å². The van der Waals surface area contributed by atoms with Gasteiger partial charge in [0.1, 0.15) is 0 Å². The maximum absolute atomic E-state index is 12.4. The maximum atomic E-state index is 12.4. The summed E-state index contributed by atoms with van der Waals surface area (Å²) in [6, 6.07) is 7.85. The van der Waals surface area contributed by atoms with E-state index in [1.54, 1.807) is 12.1 Å². The highest BCUT2D eigenvalue weighted by Gasteiger charge is 2.44. The number of anilines is 1. The second-order valence-electron chi connectivity index (χ2n) is 5.41. The lowest BCUT2D eigenvalue weighted by atomic mass is 10.0. The van der Waals surface area contributed by atoms with E-state index in [4.69, 9.17) is 11.6 Å². The molecule has 1 aromatic carbocycles. The molecule has 0 saturated carbocycles. The molecule has 2 N–H and O–H groups in total. The Morgan fingerprint density at radius 3 is 2.84 bits per heavy atom. The van der Waals surface area contributed by atoms with Gasteiger partial charge >= 0.3 is 6.03 Å². The first-order valence-corrected chi connectivity index (χ1v) is 7.08. The van der Waals surface area contributed by atoms with Crippen molar-refractivity contribution in [3.05, 3.63) is 29.3 Å². The summed E-state index contributed by atoms with van der Waals surface area (Å²) in [6.45, 7) is 4.06. The number of carbonyl (C=O) groups is 1. The van der Waals surface area contributed by atoms with E-state index in [-0.39, 0.29) is 6.03 Å². The lowest BCUT2D eigenvalue weighted by Crippen LogP contribution is -2.45. The number of nitrogens with one attached hydrogen (secondary N) is 2. The van der Waals surface area contributed by atoms with Crippen LogP contribution in [0.5, 0.6) is 0 Å². The monoisotopic (exact) mass is 279 g/mol. The van der Waals surface area contributed by atoms with E-state index in [2.05, 4.69) is 17.6 Å². The highest BCUT2D eigenvalue weighted by atomic mass is 35.5. The Morgan fingerprint density at radius 2 is 2.11 bits per heavy atom. The summed E-state index contributed by atoms with van der Waals surface area (Å²) in [7, 11) is 0. The Balaban J connectivity index is 1.71. The fourth-order valence-electron chi connectivity index (χ4n) is 3.24. The molecule has 2 amide bonds. The number of benzene rings is 1. The number of hydrogen-bond acceptors (Lipinski definition) is 2. The Kier molecular flexibility index (Phi) is 3.37. The number of rotatable bonds is 1. The average molecular weight is 280 g/mol. The molecule has 2 fully saturated rings. The molecule has 1 aromatic rings. The molecule has 2 heterocycles. The van der Waals surface area contributed by atoms with Gasteiger partial charge in [-0.3, -0.25) is 0 Å². The molecule has 5 heteroatoms. The number of likely N-dealkylation sites (tertiary alicyclic amines) is 1. The van der Waals surface area contributed by atoms with Gasteiger partial charge in [0.15, 0.2) is 0 Å². The first kappa shape index (κ1) is 12.8. The minimum Gasteiger partial charge on any atom is -0.317 e. The van der Waals surface area contributed by atoms with Crippen LogP contribution >= 0.6 is 11.6 Å². The van der Waals surface area contributed by atoms with Crippen LogP contribution in [0.15, 0.2) is 24.3 Å². The third-order valence-corrected chi connectivity index (χ3v) is 4.36. The number of fused-ring (bicyclic) bond motifs is 1. The molecule has 0 aliphatic carbocycles. The van der Waals surface area contributed by atoms with E-state index in [0.717, 1.165) is 25.2 Å². The number of urea groups is 1. The summed E-state index contributed by atoms with van der Waals surface area (Å²) in [4.78, 5) is 14.4. The largest absolute Gasteiger partial charge is 0.322 e. The predicted molar refractivity (Wildman–Crippen MR) is 76.5 cm³/mol. The van der Waals surface area contributed by atoms with Gasteiger partial charge in [-0.25, -0.2) is 4.79 Å². The third kappa shape index (κ3) is 2.42. The highest BCUT2D eigenvalue weighted by Crippen LogP contribution is 2.32. The van der Waals surface area contributed by atoms with E-state index in [0.29, 0.717) is 23.0 Å². The third-order valence-electron chi connectivity index (χ3n) is 4.11. The van der Waals surface area contributed by atoms with Gasteiger partial charge in [-0.1, -0.05) is 11.6 Å². The standard InChI is InChI=1S/C14H18ClN3O/c1-9-6-10-7-16-8-13(10)18(9)14(19)17-12-4-2-11(15)3-5-12/h2-5,9-10,13,16H,6-8H2,1H3,(H,17,19). The van der Waals surface area contributed by atoms with Gasteiger partial charge in [0.05, 0.1) is 6.04 Å². The van der Waals surface area contributed by atoms with Gasteiger partial charge in [-0.05, 0) is 43.5 Å². The van der Waals surface area contributed by atoms with Crippen molar-refractivity contribution in [1.82, 2.24) is 10.2 Å². The molecular formula is C14H18ClN3O. The van der Waals surface area contributed by atoms with E-state index < -0.39 is 0 Å². The van der Waals surface area contributed by atoms with Gasteiger partial charge in [0.2, 0.25) is 0 Å². The molecule has 2 aliphatic rings. The average Bonchev–Trinajstić information content (AvgIpc) is 2.91. The van der Waals surface area contributed by atoms with Crippen molar-refractivity contribution >= 4 is 23.3 Å². The minimum atomic E-state index is -0.00831. The Bertz CT molecular complexity index is 476. The van der Waals surface area contributed by atoms with Gasteiger partial charge in [0.25, 0.3) is 0 Å². The summed E-state index contributed by atoms with van der Waals surface area (Å²) >= 11 is 5.84. The van der Waals surface area contributed by atoms with Crippen LogP contribution in [0, 0.1) is 5.92 Å². The van der Waals surface area contributed by atoms with E-state index in [1.165, 1.54) is 0 Å². The van der Waals surface area contributed by atoms with Crippen LogP contribution in [0.3, 0.4) is 0 Å². The number of carbonyl (C=O) groups excluding carboxylic acids is 1. The molecule has 2 saturated heterocycles. The molecule has 0 aromatic heterocycles. The minimum absolute atomic E-state index is 0.00831. The predicted octanol–water partition coefficient (Wildman–Crippen LogP) is 2.55. The number of nitrogens with zero attached hydrogens (tertiary/aromatic N) is 1. The molecule has 19 heavy (non-hydrogen) atoms. The summed E-state index contributed by atoms with van der Waals surface area (Å²) < 4.78 is 0. The zero-order valence-corrected chi connectivity index (χ0v) is 11.7. The zero-order valence-electron chi connectivity index (χ0n) is 10.9. The second kappa shape index (κ2) is 5.02. The molecule has 3 atom stereocenters. The van der Waals surface area contributed by atoms with Crippen LogP contribution in [0.25, 0.3) is 0 Å². The lowest BCUT2D eigenvalue weighted by molar-refractivity contribution is 0.190. The molecule has 3 rings (SSSR count). The van der Waals surface area contributed by atoms with Crippen molar-refractivity contribution < 1.29 is 4.79 Å². The molecule has 3 unspecified atom stereocenters. The smallest absolute Gasteiger partial charge is 0.317 e. The molecule has 0 bridgehead atoms. The van der Waals surface area contributed by atoms with Crippen molar-refractivity contribution in [2.45, 2.75) is 25.4 Å². The second-order valence-corrected chi connectivity index (χ2v) is 5.85. The van der Waals surface area contributed by atoms with Crippen LogP contribution in [0.2, 0.25) is 5.02 Å². The molecule has 0 spiro atoms. The zero-order chi connectivity index (χ0) is 13.4. The van der Waals surface area contributed by atoms with Crippen molar-refractivity contribution in [3.63, 3.8) is 0 Å². The molecule has 102 valence electrons. The van der Waals surface area contributed by atoms with Crippen LogP contribution in [0.1, 0.15) is 13.3 Å². The van der Waals surface area contributed by atoms with Gasteiger partial charge in [-0.2, -0.15) is 0 Å². The number of amides is 2. The van der Waals surface area contributed by atoms with Gasteiger partial charge in [-0.15, -0.1) is 0 Å². The number of hydrogen-bond donors (Lipinski definition) is 2. The van der Waals surface area contributed by atoms with E-state index in [1.807, 2.05) is 17.0 Å². The van der Waals surface area contributed by atoms with E-state index in [9.17, 15) is 4.79 Å². The van der Waals surface area contributed by atoms with Crippen molar-refractivity contribution in [3.8, 4) is 0 Å². The highest BCUT2D eigenvalue weighted by molar-refractivity contribution is 6.30. The molecule has 0 radical (unpaired) electrons. The van der Waals surface area contributed by atoms with Crippen LogP contribution < -0.4 is 10.6 Å². The first-order chi connectivity index (χ1) is 9.15. The number of halogens is 1. The normalized spacial score (nSPS) is 29.4. The summed E-state index contributed by atoms with van der Waals surface area (Å²) in [5.41, 5.74) is 0.788. The van der Waals surface area contributed by atoms with Gasteiger partial charge < -0.3 is 15.5 Å². The Labute approximate surface area is 118 Å². The first-order valence-electron chi connectivity index (χ1n) is 6.71. The summed E-state index contributed by atoms with van der Waals surface area (Å²) in [6.07, 6.45) is 1.09. The summed E-state index contributed by atoms with van der Waals surface area (Å²) in [5.74, 6) is 0.603. The van der Waals surface area contributed by atoms with Crippen molar-refractivity contribution in [2.24, 2.45) is 5.92 Å². The quantitative estimate of drug-likeness (QED) is 0.830. The lowest BCUT2D eigenvalue weighted by Gasteiger charge is -2.27. The van der Waals surface area contributed by atoms with E-state index >= 15 is 0 Å². The molecule has 4 nitrogen and oxygen atoms in total.